The van der Waals surface area contributed by atoms with E-state index in [0.29, 0.717) is 13.2 Å². The van der Waals surface area contributed by atoms with Gasteiger partial charge in [0.05, 0.1) is 0 Å². The molecular formula is C20H25NO2. The topological polar surface area (TPSA) is 41.5 Å². The van der Waals surface area contributed by atoms with Crippen molar-refractivity contribution in [2.24, 2.45) is 0 Å². The minimum Gasteiger partial charge on any atom is -0.491 e. The summed E-state index contributed by atoms with van der Waals surface area (Å²) < 4.78 is 5.74. The maximum atomic E-state index is 10.1. The zero-order valence-electron chi connectivity index (χ0n) is 13.7. The zero-order valence-corrected chi connectivity index (χ0v) is 13.7. The van der Waals surface area contributed by atoms with Gasteiger partial charge in [0.1, 0.15) is 18.5 Å². The second-order valence-corrected chi connectivity index (χ2v) is 6.29. The van der Waals surface area contributed by atoms with E-state index in [1.807, 2.05) is 24.3 Å². The molecule has 2 aromatic carbocycles. The van der Waals surface area contributed by atoms with E-state index in [9.17, 15) is 5.11 Å². The average molecular weight is 311 g/mol. The highest BCUT2D eigenvalue weighted by atomic mass is 16.5. The van der Waals surface area contributed by atoms with Crippen molar-refractivity contribution in [3.05, 3.63) is 65.2 Å². The molecule has 0 aliphatic heterocycles. The molecule has 3 rings (SSSR count). The number of ether oxygens (including phenoxy) is 1. The molecule has 0 saturated heterocycles. The lowest BCUT2D eigenvalue weighted by atomic mass is 10.1. The van der Waals surface area contributed by atoms with Crippen molar-refractivity contribution in [3.63, 3.8) is 0 Å². The molecule has 0 heterocycles. The van der Waals surface area contributed by atoms with E-state index >= 15 is 0 Å². The lowest BCUT2D eigenvalue weighted by molar-refractivity contribution is 0.104. The van der Waals surface area contributed by atoms with Gasteiger partial charge in [-0.15, -0.1) is 0 Å². The molecule has 3 nitrogen and oxygen atoms in total. The number of benzene rings is 2. The van der Waals surface area contributed by atoms with Crippen LogP contribution in [-0.2, 0) is 12.8 Å². The summed E-state index contributed by atoms with van der Waals surface area (Å²) in [6, 6.07) is 16.7. The van der Waals surface area contributed by atoms with Gasteiger partial charge in [0.15, 0.2) is 0 Å². The number of hydrogen-bond acceptors (Lipinski definition) is 3. The van der Waals surface area contributed by atoms with Crippen LogP contribution in [0.3, 0.4) is 0 Å². The second kappa shape index (κ2) is 7.62. The van der Waals surface area contributed by atoms with Gasteiger partial charge >= 0.3 is 0 Å². The third kappa shape index (κ3) is 4.34. The summed E-state index contributed by atoms with van der Waals surface area (Å²) in [4.78, 5) is 0. The Morgan fingerprint density at radius 3 is 2.70 bits per heavy atom. The Morgan fingerprint density at radius 2 is 1.87 bits per heavy atom. The van der Waals surface area contributed by atoms with Crippen LogP contribution in [0.4, 0.5) is 0 Å². The first-order valence-corrected chi connectivity index (χ1v) is 8.43. The standard InChI is InChI=1S/C20H25NO2/c1-15(16-6-3-2-4-7-16)21-13-19(22)14-23-20-11-10-17-8-5-9-18(17)12-20/h2-4,6-7,10-12,15,19,21-22H,5,8-9,13-14H2,1H3/t15-,19+/m0/s1. The lowest BCUT2D eigenvalue weighted by Gasteiger charge is -2.18. The number of hydrogen-bond donors (Lipinski definition) is 2. The molecule has 0 aromatic heterocycles. The number of nitrogens with one attached hydrogen (secondary N) is 1. The zero-order chi connectivity index (χ0) is 16.1. The molecule has 2 aromatic rings. The maximum Gasteiger partial charge on any atom is 0.119 e. The van der Waals surface area contributed by atoms with E-state index < -0.39 is 6.10 Å². The van der Waals surface area contributed by atoms with E-state index in [0.717, 1.165) is 12.2 Å². The van der Waals surface area contributed by atoms with Crippen molar-refractivity contribution < 1.29 is 9.84 Å². The molecule has 0 unspecified atom stereocenters. The lowest BCUT2D eigenvalue weighted by Crippen LogP contribution is -2.33. The Labute approximate surface area is 138 Å². The molecule has 1 aliphatic rings. The molecule has 0 saturated carbocycles. The Hall–Kier alpha value is -1.84. The Bertz CT molecular complexity index is 627. The van der Waals surface area contributed by atoms with Gasteiger partial charge in [0, 0.05) is 12.6 Å². The van der Waals surface area contributed by atoms with Crippen LogP contribution in [-0.4, -0.2) is 24.4 Å². The molecule has 1 aliphatic carbocycles. The number of aliphatic hydroxyl groups is 1. The fourth-order valence-corrected chi connectivity index (χ4v) is 3.06. The van der Waals surface area contributed by atoms with Crippen LogP contribution < -0.4 is 10.1 Å². The molecule has 2 N–H and O–H groups in total. The van der Waals surface area contributed by atoms with Gasteiger partial charge in [0.25, 0.3) is 0 Å². The molecule has 2 atom stereocenters. The van der Waals surface area contributed by atoms with Crippen molar-refractivity contribution in [1.82, 2.24) is 5.32 Å². The van der Waals surface area contributed by atoms with Gasteiger partial charge in [-0.25, -0.2) is 0 Å². The van der Waals surface area contributed by atoms with Crippen LogP contribution in [0.25, 0.3) is 0 Å². The summed E-state index contributed by atoms with van der Waals surface area (Å²) in [6.07, 6.45) is 3.04. The highest BCUT2D eigenvalue weighted by Gasteiger charge is 2.13. The van der Waals surface area contributed by atoms with Crippen molar-refractivity contribution >= 4 is 0 Å². The van der Waals surface area contributed by atoms with E-state index in [4.69, 9.17) is 4.74 Å². The summed E-state index contributed by atoms with van der Waals surface area (Å²) in [6.45, 7) is 2.93. The Balaban J connectivity index is 1.44. The van der Waals surface area contributed by atoms with Crippen molar-refractivity contribution in [1.29, 1.82) is 0 Å². The first kappa shape index (κ1) is 16.0. The molecule has 0 spiro atoms. The van der Waals surface area contributed by atoms with E-state index in [1.54, 1.807) is 0 Å². The second-order valence-electron chi connectivity index (χ2n) is 6.29. The normalized spacial score (nSPS) is 15.9. The van der Waals surface area contributed by atoms with Gasteiger partial charge in [-0.2, -0.15) is 0 Å². The van der Waals surface area contributed by atoms with Crippen molar-refractivity contribution in [2.45, 2.75) is 38.3 Å². The number of aliphatic hydroxyl groups excluding tert-OH is 1. The molecule has 3 heteroatoms. The van der Waals surface area contributed by atoms with Crippen molar-refractivity contribution in [3.8, 4) is 5.75 Å². The molecule has 122 valence electrons. The minimum atomic E-state index is -0.519. The SMILES string of the molecule is C[C@H](NC[C@@H](O)COc1ccc2c(c1)CCC2)c1ccccc1. The highest BCUT2D eigenvalue weighted by Crippen LogP contribution is 2.26. The molecule has 0 amide bonds. The summed E-state index contributed by atoms with van der Waals surface area (Å²) in [7, 11) is 0. The Morgan fingerprint density at radius 1 is 1.09 bits per heavy atom. The number of aryl methyl sites for hydroxylation is 2. The van der Waals surface area contributed by atoms with Crippen molar-refractivity contribution in [2.75, 3.05) is 13.2 Å². The largest absolute Gasteiger partial charge is 0.491 e. The predicted octanol–water partition coefficient (Wildman–Crippen LogP) is 3.27. The number of fused-ring (bicyclic) bond motifs is 1. The highest BCUT2D eigenvalue weighted by molar-refractivity contribution is 5.38. The van der Waals surface area contributed by atoms with Gasteiger partial charge < -0.3 is 15.2 Å². The van der Waals surface area contributed by atoms with E-state index in [2.05, 4.69) is 36.5 Å². The summed E-state index contributed by atoms with van der Waals surface area (Å²) in [5.74, 6) is 0.862. The smallest absolute Gasteiger partial charge is 0.119 e. The maximum absolute atomic E-state index is 10.1. The van der Waals surface area contributed by atoms with Gasteiger partial charge in [-0.3, -0.25) is 0 Å². The Kier molecular flexibility index (Phi) is 5.31. The van der Waals surface area contributed by atoms with E-state index in [-0.39, 0.29) is 6.04 Å². The van der Waals surface area contributed by atoms with Gasteiger partial charge in [-0.05, 0) is 55.0 Å². The first-order valence-electron chi connectivity index (χ1n) is 8.43. The molecule has 0 radical (unpaired) electrons. The fraction of sp³-hybridized carbons (Fsp3) is 0.400. The van der Waals surface area contributed by atoms with Gasteiger partial charge in [0.2, 0.25) is 0 Å². The van der Waals surface area contributed by atoms with Crippen LogP contribution >= 0.6 is 0 Å². The molecule has 0 bridgehead atoms. The average Bonchev–Trinajstić information content (AvgIpc) is 3.06. The first-order chi connectivity index (χ1) is 11.2. The number of rotatable bonds is 7. The van der Waals surface area contributed by atoms with Crippen LogP contribution in [0.5, 0.6) is 5.75 Å². The molecule has 0 fully saturated rings. The van der Waals surface area contributed by atoms with Crippen LogP contribution in [0.1, 0.15) is 36.1 Å². The monoisotopic (exact) mass is 311 g/mol. The summed E-state index contributed by atoms with van der Waals surface area (Å²) in [5, 5.41) is 13.5. The summed E-state index contributed by atoms with van der Waals surface area (Å²) in [5.41, 5.74) is 4.06. The van der Waals surface area contributed by atoms with Crippen LogP contribution in [0.2, 0.25) is 0 Å². The van der Waals surface area contributed by atoms with Gasteiger partial charge in [-0.1, -0.05) is 36.4 Å². The van der Waals surface area contributed by atoms with Crippen LogP contribution in [0.15, 0.2) is 48.5 Å². The quantitative estimate of drug-likeness (QED) is 0.824. The van der Waals surface area contributed by atoms with Crippen LogP contribution in [0, 0.1) is 0 Å². The van der Waals surface area contributed by atoms with E-state index in [1.165, 1.54) is 29.5 Å². The summed E-state index contributed by atoms with van der Waals surface area (Å²) >= 11 is 0. The minimum absolute atomic E-state index is 0.214. The molecular weight excluding hydrogens is 286 g/mol. The fourth-order valence-electron chi connectivity index (χ4n) is 3.06. The third-order valence-corrected chi connectivity index (χ3v) is 4.47. The molecule has 23 heavy (non-hydrogen) atoms. The third-order valence-electron chi connectivity index (χ3n) is 4.47. The predicted molar refractivity (Wildman–Crippen MR) is 92.8 cm³/mol.